The SMILES string of the molecule is CCN(C(=O)Oc1ccccc1Cl)c1c(-c2ccc3c(c2)CC(=O)N3)nnn1C. The fourth-order valence-electron chi connectivity index (χ4n) is 3.26. The molecule has 2 aromatic carbocycles. The van der Waals surface area contributed by atoms with Gasteiger partial charge in [0, 0.05) is 24.8 Å². The quantitative estimate of drug-likeness (QED) is 0.707. The summed E-state index contributed by atoms with van der Waals surface area (Å²) in [5.41, 5.74) is 2.94. The zero-order chi connectivity index (χ0) is 20.5. The summed E-state index contributed by atoms with van der Waals surface area (Å²) in [5.74, 6) is 0.716. The Labute approximate surface area is 172 Å². The third-order valence-electron chi connectivity index (χ3n) is 4.63. The standard InChI is InChI=1S/C20H18ClN5O3/c1-3-26(20(28)29-16-7-5-4-6-14(16)21)19-18(23-24-25(19)2)12-8-9-15-13(10-12)11-17(27)22-15/h4-10H,3,11H2,1-2H3,(H,22,27). The second-order valence-corrected chi connectivity index (χ2v) is 6.93. The average Bonchev–Trinajstić information content (AvgIpc) is 3.26. The minimum absolute atomic E-state index is 0.0463. The number of carbonyl (C=O) groups excluding carboxylic acids is 2. The molecule has 8 nitrogen and oxygen atoms in total. The van der Waals surface area contributed by atoms with Crippen molar-refractivity contribution < 1.29 is 14.3 Å². The van der Waals surface area contributed by atoms with Gasteiger partial charge in [-0.2, -0.15) is 0 Å². The third kappa shape index (κ3) is 3.54. The lowest BCUT2D eigenvalue weighted by molar-refractivity contribution is -0.115. The molecular weight excluding hydrogens is 394 g/mol. The molecule has 0 unspecified atom stereocenters. The van der Waals surface area contributed by atoms with E-state index in [1.165, 1.54) is 9.58 Å². The van der Waals surface area contributed by atoms with Gasteiger partial charge < -0.3 is 10.1 Å². The predicted molar refractivity (Wildman–Crippen MR) is 109 cm³/mol. The summed E-state index contributed by atoms with van der Waals surface area (Å²) in [7, 11) is 1.70. The number of fused-ring (bicyclic) bond motifs is 1. The van der Waals surface area contributed by atoms with Crippen LogP contribution in [0.1, 0.15) is 12.5 Å². The van der Waals surface area contributed by atoms with E-state index in [-0.39, 0.29) is 11.7 Å². The van der Waals surface area contributed by atoms with Gasteiger partial charge in [0.05, 0.1) is 11.4 Å². The number of rotatable bonds is 4. The molecule has 1 aromatic heterocycles. The number of nitrogens with one attached hydrogen (secondary N) is 1. The van der Waals surface area contributed by atoms with Crippen molar-refractivity contribution in [2.45, 2.75) is 13.3 Å². The summed E-state index contributed by atoms with van der Waals surface area (Å²) in [6.45, 7) is 2.17. The normalized spacial score (nSPS) is 12.4. The first-order chi connectivity index (χ1) is 14.0. The molecule has 4 rings (SSSR count). The van der Waals surface area contributed by atoms with Gasteiger partial charge in [-0.3, -0.25) is 9.69 Å². The van der Waals surface area contributed by atoms with Gasteiger partial charge in [-0.05, 0) is 36.8 Å². The van der Waals surface area contributed by atoms with E-state index in [1.54, 1.807) is 31.3 Å². The molecule has 0 fully saturated rings. The first-order valence-corrected chi connectivity index (χ1v) is 9.42. The van der Waals surface area contributed by atoms with Gasteiger partial charge in [-0.15, -0.1) is 5.10 Å². The summed E-state index contributed by atoms with van der Waals surface area (Å²) in [5, 5.41) is 11.5. The van der Waals surface area contributed by atoms with E-state index < -0.39 is 6.09 Å². The Bertz CT molecular complexity index is 1110. The van der Waals surface area contributed by atoms with Gasteiger partial charge in [0.15, 0.2) is 11.6 Å². The first-order valence-electron chi connectivity index (χ1n) is 9.04. The average molecular weight is 412 g/mol. The maximum absolute atomic E-state index is 12.9. The molecule has 0 saturated carbocycles. The summed E-state index contributed by atoms with van der Waals surface area (Å²) in [4.78, 5) is 26.0. The van der Waals surface area contributed by atoms with Gasteiger partial charge in [-0.1, -0.05) is 35.0 Å². The van der Waals surface area contributed by atoms with Gasteiger partial charge in [0.2, 0.25) is 5.91 Å². The van der Waals surface area contributed by atoms with Crippen LogP contribution >= 0.6 is 11.6 Å². The number of amides is 2. The number of aromatic nitrogens is 3. The summed E-state index contributed by atoms with van der Waals surface area (Å²) < 4.78 is 7.00. The molecule has 9 heteroatoms. The Morgan fingerprint density at radius 1 is 1.31 bits per heavy atom. The minimum Gasteiger partial charge on any atom is -0.408 e. The Balaban J connectivity index is 1.69. The van der Waals surface area contributed by atoms with Crippen molar-refractivity contribution in [3.05, 3.63) is 53.1 Å². The van der Waals surface area contributed by atoms with Crippen molar-refractivity contribution in [3.8, 4) is 17.0 Å². The van der Waals surface area contributed by atoms with Gasteiger partial charge in [-0.25, -0.2) is 9.48 Å². The lowest BCUT2D eigenvalue weighted by atomic mass is 10.1. The van der Waals surface area contributed by atoms with Crippen molar-refractivity contribution in [3.63, 3.8) is 0 Å². The lowest BCUT2D eigenvalue weighted by Crippen LogP contribution is -2.35. The molecule has 0 bridgehead atoms. The van der Waals surface area contributed by atoms with Gasteiger partial charge in [0.1, 0.15) is 5.69 Å². The van der Waals surface area contributed by atoms with Gasteiger partial charge in [0.25, 0.3) is 0 Å². The molecule has 0 saturated heterocycles. The van der Waals surface area contributed by atoms with Crippen LogP contribution in [-0.2, 0) is 18.3 Å². The highest BCUT2D eigenvalue weighted by Gasteiger charge is 2.27. The number of halogens is 1. The second kappa shape index (κ2) is 7.56. The zero-order valence-corrected chi connectivity index (χ0v) is 16.6. The molecule has 0 radical (unpaired) electrons. The van der Waals surface area contributed by atoms with E-state index in [2.05, 4.69) is 15.6 Å². The van der Waals surface area contributed by atoms with Crippen molar-refractivity contribution in [1.29, 1.82) is 0 Å². The molecule has 148 valence electrons. The molecule has 3 aromatic rings. The van der Waals surface area contributed by atoms with Crippen LogP contribution in [0.25, 0.3) is 11.3 Å². The highest BCUT2D eigenvalue weighted by Crippen LogP contribution is 2.33. The highest BCUT2D eigenvalue weighted by atomic mass is 35.5. The summed E-state index contributed by atoms with van der Waals surface area (Å²) in [6, 6.07) is 12.3. The van der Waals surface area contributed by atoms with Crippen LogP contribution in [-0.4, -0.2) is 33.5 Å². The topological polar surface area (TPSA) is 89.3 Å². The van der Waals surface area contributed by atoms with Crippen LogP contribution in [0.4, 0.5) is 16.3 Å². The summed E-state index contributed by atoms with van der Waals surface area (Å²) >= 11 is 6.11. The van der Waals surface area contributed by atoms with E-state index in [0.717, 1.165) is 16.8 Å². The molecule has 1 aliphatic heterocycles. The maximum Gasteiger partial charge on any atom is 0.421 e. The van der Waals surface area contributed by atoms with E-state index >= 15 is 0 Å². The Morgan fingerprint density at radius 3 is 2.86 bits per heavy atom. The fraction of sp³-hybridized carbons (Fsp3) is 0.200. The molecule has 0 spiro atoms. The number of ether oxygens (including phenoxy) is 1. The predicted octanol–water partition coefficient (Wildman–Crippen LogP) is 3.66. The van der Waals surface area contributed by atoms with Crippen LogP contribution in [0.5, 0.6) is 5.75 Å². The molecule has 2 amide bonds. The highest BCUT2D eigenvalue weighted by molar-refractivity contribution is 6.32. The number of aryl methyl sites for hydroxylation is 1. The van der Waals surface area contributed by atoms with Crippen LogP contribution < -0.4 is 15.0 Å². The molecule has 1 N–H and O–H groups in total. The molecule has 2 heterocycles. The third-order valence-corrected chi connectivity index (χ3v) is 4.94. The molecule has 29 heavy (non-hydrogen) atoms. The lowest BCUT2D eigenvalue weighted by Gasteiger charge is -2.21. The van der Waals surface area contributed by atoms with Crippen molar-refractivity contribution in [2.75, 3.05) is 16.8 Å². The van der Waals surface area contributed by atoms with E-state index in [0.29, 0.717) is 29.5 Å². The van der Waals surface area contributed by atoms with Crippen LogP contribution in [0, 0.1) is 0 Å². The number of benzene rings is 2. The smallest absolute Gasteiger partial charge is 0.408 e. The van der Waals surface area contributed by atoms with Crippen LogP contribution in [0.15, 0.2) is 42.5 Å². The van der Waals surface area contributed by atoms with Gasteiger partial charge >= 0.3 is 6.09 Å². The monoisotopic (exact) mass is 411 g/mol. The fourth-order valence-corrected chi connectivity index (χ4v) is 3.43. The molecule has 0 atom stereocenters. The number of carbonyl (C=O) groups is 2. The number of hydrogen-bond donors (Lipinski definition) is 1. The maximum atomic E-state index is 12.9. The van der Waals surface area contributed by atoms with E-state index in [4.69, 9.17) is 16.3 Å². The Kier molecular flexibility index (Phi) is 4.94. The Morgan fingerprint density at radius 2 is 2.10 bits per heavy atom. The number of para-hydroxylation sites is 1. The largest absolute Gasteiger partial charge is 0.421 e. The minimum atomic E-state index is -0.592. The number of hydrogen-bond acceptors (Lipinski definition) is 5. The first kappa shape index (κ1) is 18.9. The number of anilines is 2. The second-order valence-electron chi connectivity index (χ2n) is 6.52. The Hall–Kier alpha value is -3.39. The summed E-state index contributed by atoms with van der Waals surface area (Å²) in [6.07, 6.45) is -0.282. The van der Waals surface area contributed by atoms with E-state index in [9.17, 15) is 9.59 Å². The van der Waals surface area contributed by atoms with Crippen LogP contribution in [0.2, 0.25) is 5.02 Å². The van der Waals surface area contributed by atoms with Crippen molar-refractivity contribution in [2.24, 2.45) is 7.05 Å². The van der Waals surface area contributed by atoms with E-state index in [1.807, 2.05) is 25.1 Å². The molecular formula is C20H18ClN5O3. The van der Waals surface area contributed by atoms with Crippen molar-refractivity contribution in [1.82, 2.24) is 15.0 Å². The molecule has 1 aliphatic rings. The number of nitrogens with zero attached hydrogens (tertiary/aromatic N) is 4. The zero-order valence-electron chi connectivity index (χ0n) is 15.8. The van der Waals surface area contributed by atoms with Crippen molar-refractivity contribution >= 4 is 35.1 Å². The van der Waals surface area contributed by atoms with Crippen LogP contribution in [0.3, 0.4) is 0 Å². The molecule has 0 aliphatic carbocycles.